The van der Waals surface area contributed by atoms with E-state index in [1.54, 1.807) is 25.4 Å². The van der Waals surface area contributed by atoms with E-state index >= 15 is 0 Å². The monoisotopic (exact) mass is 321 g/mol. The Morgan fingerprint density at radius 1 is 1.59 bits per heavy atom. The lowest BCUT2D eigenvalue weighted by Crippen LogP contribution is -2.35. The van der Waals surface area contributed by atoms with E-state index in [9.17, 15) is 4.79 Å². The van der Waals surface area contributed by atoms with Crippen LogP contribution in [0.2, 0.25) is 0 Å². The third-order valence-electron chi connectivity index (χ3n) is 4.12. The SMILES string of the molecule is CO[C@H]1C[C@H](c2nc(C)no2)N(C(=O)[C@@H](C)c2ccsc2)C1. The van der Waals surface area contributed by atoms with Crippen molar-refractivity contribution in [3.05, 3.63) is 34.1 Å². The van der Waals surface area contributed by atoms with Crippen LogP contribution in [0, 0.1) is 6.92 Å². The first-order chi connectivity index (χ1) is 10.6. The summed E-state index contributed by atoms with van der Waals surface area (Å²) in [6.45, 7) is 4.26. The highest BCUT2D eigenvalue weighted by Crippen LogP contribution is 2.35. The highest BCUT2D eigenvalue weighted by atomic mass is 32.1. The number of aryl methyl sites for hydroxylation is 1. The standard InChI is InChI=1S/C15H19N3O3S/c1-9(11-4-5-22-8-11)15(19)18-7-12(20-3)6-13(18)14-16-10(2)17-21-14/h4-5,8-9,12-13H,6-7H2,1-3H3/t9-,12-,13+/m0/s1. The van der Waals surface area contributed by atoms with Crippen molar-refractivity contribution in [3.8, 4) is 0 Å². The zero-order chi connectivity index (χ0) is 15.7. The predicted octanol–water partition coefficient (Wildman–Crippen LogP) is 2.53. The molecule has 0 aromatic carbocycles. The minimum Gasteiger partial charge on any atom is -0.380 e. The number of carbonyl (C=O) groups is 1. The molecule has 0 spiro atoms. The van der Waals surface area contributed by atoms with E-state index in [1.807, 2.05) is 28.7 Å². The van der Waals surface area contributed by atoms with Gasteiger partial charge in [0.2, 0.25) is 11.8 Å². The third-order valence-corrected chi connectivity index (χ3v) is 4.82. The molecular weight excluding hydrogens is 302 g/mol. The van der Waals surface area contributed by atoms with E-state index in [1.165, 1.54) is 0 Å². The summed E-state index contributed by atoms with van der Waals surface area (Å²) in [7, 11) is 1.66. The van der Waals surface area contributed by atoms with Gasteiger partial charge in [0.25, 0.3) is 0 Å². The zero-order valence-corrected chi connectivity index (χ0v) is 13.7. The molecule has 118 valence electrons. The maximum Gasteiger partial charge on any atom is 0.249 e. The molecule has 22 heavy (non-hydrogen) atoms. The number of amides is 1. The lowest BCUT2D eigenvalue weighted by molar-refractivity contribution is -0.134. The molecule has 3 rings (SSSR count). The van der Waals surface area contributed by atoms with E-state index < -0.39 is 0 Å². The van der Waals surface area contributed by atoms with Gasteiger partial charge >= 0.3 is 0 Å². The van der Waals surface area contributed by atoms with Gasteiger partial charge in [-0.05, 0) is 36.2 Å². The maximum atomic E-state index is 12.9. The summed E-state index contributed by atoms with van der Waals surface area (Å²) in [5.74, 6) is 0.948. The van der Waals surface area contributed by atoms with Crippen LogP contribution in [0.5, 0.6) is 0 Å². The first-order valence-electron chi connectivity index (χ1n) is 7.25. The fourth-order valence-electron chi connectivity index (χ4n) is 2.81. The minimum absolute atomic E-state index is 0.00386. The van der Waals surface area contributed by atoms with Gasteiger partial charge in [0.15, 0.2) is 5.82 Å². The molecule has 2 aromatic rings. The van der Waals surface area contributed by atoms with E-state index in [0.717, 1.165) is 5.56 Å². The molecule has 0 radical (unpaired) electrons. The van der Waals surface area contributed by atoms with Gasteiger partial charge in [0.1, 0.15) is 6.04 Å². The Morgan fingerprint density at radius 2 is 2.41 bits per heavy atom. The Kier molecular flexibility index (Phi) is 4.26. The molecule has 1 aliphatic heterocycles. The number of nitrogens with zero attached hydrogens (tertiary/aromatic N) is 3. The summed E-state index contributed by atoms with van der Waals surface area (Å²) in [6.07, 6.45) is 0.677. The van der Waals surface area contributed by atoms with Crippen LogP contribution in [-0.2, 0) is 9.53 Å². The van der Waals surface area contributed by atoms with E-state index in [4.69, 9.17) is 9.26 Å². The van der Waals surface area contributed by atoms with Crippen molar-refractivity contribution >= 4 is 17.2 Å². The van der Waals surface area contributed by atoms with Crippen LogP contribution >= 0.6 is 11.3 Å². The summed E-state index contributed by atoms with van der Waals surface area (Å²) in [5, 5.41) is 7.84. The molecule has 0 saturated carbocycles. The number of aromatic nitrogens is 2. The molecule has 3 heterocycles. The number of likely N-dealkylation sites (tertiary alicyclic amines) is 1. The van der Waals surface area contributed by atoms with Crippen molar-refractivity contribution in [1.29, 1.82) is 0 Å². The Balaban J connectivity index is 1.84. The first kappa shape index (κ1) is 15.2. The quantitative estimate of drug-likeness (QED) is 0.865. The van der Waals surface area contributed by atoms with E-state index in [0.29, 0.717) is 24.7 Å². The Bertz CT molecular complexity index is 640. The Morgan fingerprint density at radius 3 is 3.00 bits per heavy atom. The molecule has 6 nitrogen and oxygen atoms in total. The number of hydrogen-bond donors (Lipinski definition) is 0. The average Bonchev–Trinajstić information content (AvgIpc) is 3.25. The van der Waals surface area contributed by atoms with Gasteiger partial charge in [0, 0.05) is 20.1 Å². The summed E-state index contributed by atoms with van der Waals surface area (Å²) >= 11 is 1.60. The minimum atomic E-state index is -0.209. The van der Waals surface area contributed by atoms with Crippen molar-refractivity contribution in [2.75, 3.05) is 13.7 Å². The van der Waals surface area contributed by atoms with Crippen LogP contribution < -0.4 is 0 Å². The van der Waals surface area contributed by atoms with Gasteiger partial charge in [-0.3, -0.25) is 4.79 Å². The van der Waals surface area contributed by atoms with Gasteiger partial charge in [-0.1, -0.05) is 5.16 Å². The molecule has 7 heteroatoms. The normalized spacial score (nSPS) is 23.0. The predicted molar refractivity (Wildman–Crippen MR) is 81.6 cm³/mol. The van der Waals surface area contributed by atoms with Crippen LogP contribution in [0.15, 0.2) is 21.3 Å². The smallest absolute Gasteiger partial charge is 0.249 e. The number of thiophene rings is 1. The van der Waals surface area contributed by atoms with Crippen molar-refractivity contribution in [3.63, 3.8) is 0 Å². The molecule has 2 aromatic heterocycles. The highest BCUT2D eigenvalue weighted by Gasteiger charge is 2.41. The van der Waals surface area contributed by atoms with E-state index in [2.05, 4.69) is 10.1 Å². The molecule has 0 aliphatic carbocycles. The lowest BCUT2D eigenvalue weighted by atomic mass is 10.0. The molecular formula is C15H19N3O3S. The number of carbonyl (C=O) groups excluding carboxylic acids is 1. The molecule has 3 atom stereocenters. The zero-order valence-electron chi connectivity index (χ0n) is 12.9. The van der Waals surface area contributed by atoms with Gasteiger partial charge < -0.3 is 14.2 Å². The van der Waals surface area contributed by atoms with Crippen molar-refractivity contribution < 1.29 is 14.1 Å². The maximum absolute atomic E-state index is 12.9. The molecule has 0 unspecified atom stereocenters. The first-order valence-corrected chi connectivity index (χ1v) is 8.20. The summed E-state index contributed by atoms with van der Waals surface area (Å²) in [6, 6.07) is 1.78. The van der Waals surface area contributed by atoms with Crippen LogP contribution in [0.1, 0.15) is 42.6 Å². The van der Waals surface area contributed by atoms with Crippen LogP contribution in [-0.4, -0.2) is 40.7 Å². The Hall–Kier alpha value is -1.73. The molecule has 1 fully saturated rings. The highest BCUT2D eigenvalue weighted by molar-refractivity contribution is 7.08. The van der Waals surface area contributed by atoms with E-state index in [-0.39, 0.29) is 24.0 Å². The largest absolute Gasteiger partial charge is 0.380 e. The second-order valence-electron chi connectivity index (χ2n) is 5.56. The third kappa shape index (κ3) is 2.78. The fraction of sp³-hybridized carbons (Fsp3) is 0.533. The number of hydrogen-bond acceptors (Lipinski definition) is 6. The van der Waals surface area contributed by atoms with Gasteiger partial charge in [-0.25, -0.2) is 0 Å². The average molecular weight is 321 g/mol. The van der Waals surface area contributed by atoms with Crippen molar-refractivity contribution in [1.82, 2.24) is 15.0 Å². The summed E-state index contributed by atoms with van der Waals surface area (Å²) in [5.41, 5.74) is 1.04. The van der Waals surface area contributed by atoms with Crippen LogP contribution in [0.3, 0.4) is 0 Å². The second-order valence-corrected chi connectivity index (χ2v) is 6.34. The molecule has 0 N–H and O–H groups in total. The Labute approximate surface area is 133 Å². The van der Waals surface area contributed by atoms with Crippen molar-refractivity contribution in [2.24, 2.45) is 0 Å². The second kappa shape index (κ2) is 6.18. The molecule has 0 bridgehead atoms. The summed E-state index contributed by atoms with van der Waals surface area (Å²) < 4.78 is 10.7. The molecule has 1 saturated heterocycles. The van der Waals surface area contributed by atoms with Gasteiger partial charge in [-0.2, -0.15) is 16.3 Å². The van der Waals surface area contributed by atoms with Gasteiger partial charge in [-0.15, -0.1) is 0 Å². The lowest BCUT2D eigenvalue weighted by Gasteiger charge is -2.24. The number of rotatable bonds is 4. The fourth-order valence-corrected chi connectivity index (χ4v) is 3.56. The van der Waals surface area contributed by atoms with Crippen molar-refractivity contribution in [2.45, 2.75) is 38.3 Å². The van der Waals surface area contributed by atoms with Gasteiger partial charge in [0.05, 0.1) is 12.0 Å². The topological polar surface area (TPSA) is 68.5 Å². The molecule has 1 amide bonds. The molecule has 1 aliphatic rings. The van der Waals surface area contributed by atoms with Crippen LogP contribution in [0.4, 0.5) is 0 Å². The summed E-state index contributed by atoms with van der Waals surface area (Å²) in [4.78, 5) is 19.0. The number of ether oxygens (including phenoxy) is 1. The van der Waals surface area contributed by atoms with Crippen LogP contribution in [0.25, 0.3) is 0 Å². The number of methoxy groups -OCH3 is 1.